The summed E-state index contributed by atoms with van der Waals surface area (Å²) in [6.45, 7) is 4.21. The Morgan fingerprint density at radius 2 is 1.88 bits per heavy atom. The summed E-state index contributed by atoms with van der Waals surface area (Å²) >= 11 is 5.95. The molecule has 7 nitrogen and oxygen atoms in total. The van der Waals surface area contributed by atoms with Crippen molar-refractivity contribution in [3.05, 3.63) is 46.2 Å². The normalized spacial score (nSPS) is 10.3. The maximum atomic E-state index is 12.2. The van der Waals surface area contributed by atoms with E-state index in [0.29, 0.717) is 10.8 Å². The molecule has 0 atom stereocenters. The van der Waals surface area contributed by atoms with Crippen molar-refractivity contribution in [1.29, 1.82) is 0 Å². The van der Waals surface area contributed by atoms with Crippen molar-refractivity contribution in [1.82, 2.24) is 0 Å². The number of carbonyl (C=O) groups excluding carboxylic acids is 3. The van der Waals surface area contributed by atoms with Gasteiger partial charge in [0.05, 0.1) is 17.2 Å². The molecule has 0 saturated heterocycles. The first-order chi connectivity index (χ1) is 12.3. The van der Waals surface area contributed by atoms with E-state index in [0.717, 1.165) is 0 Å². The number of furan rings is 1. The highest BCUT2D eigenvalue weighted by Gasteiger charge is 2.28. The Hall–Kier alpha value is -2.80. The van der Waals surface area contributed by atoms with E-state index < -0.39 is 11.9 Å². The fraction of sp³-hybridized carbons (Fsp3) is 0.278. The number of amides is 1. The van der Waals surface area contributed by atoms with Crippen LogP contribution >= 0.6 is 11.6 Å². The van der Waals surface area contributed by atoms with Crippen LogP contribution in [0.5, 0.6) is 5.75 Å². The van der Waals surface area contributed by atoms with Crippen LogP contribution in [0.4, 0.5) is 5.88 Å². The predicted octanol–water partition coefficient (Wildman–Crippen LogP) is 3.64. The fourth-order valence-electron chi connectivity index (χ4n) is 2.32. The molecule has 0 spiro atoms. The molecule has 1 N–H and O–H groups in total. The smallest absolute Gasteiger partial charge is 0.344 e. The molecule has 0 radical (unpaired) electrons. The molecule has 2 aromatic rings. The van der Waals surface area contributed by atoms with Crippen LogP contribution in [0, 0.1) is 6.92 Å². The van der Waals surface area contributed by atoms with Crippen molar-refractivity contribution in [3.63, 3.8) is 0 Å². The Balaban J connectivity index is 2.19. The van der Waals surface area contributed by atoms with E-state index in [-0.39, 0.29) is 41.8 Å². The van der Waals surface area contributed by atoms with E-state index in [4.69, 9.17) is 25.5 Å². The number of ketones is 1. The average molecular weight is 380 g/mol. The van der Waals surface area contributed by atoms with Crippen LogP contribution in [-0.4, -0.2) is 30.9 Å². The molecule has 1 amide bonds. The maximum Gasteiger partial charge on any atom is 0.344 e. The summed E-state index contributed by atoms with van der Waals surface area (Å²) < 4.78 is 15.7. The second kappa shape index (κ2) is 8.53. The number of hydrogen-bond acceptors (Lipinski definition) is 6. The van der Waals surface area contributed by atoms with Crippen molar-refractivity contribution < 1.29 is 28.3 Å². The van der Waals surface area contributed by atoms with Crippen molar-refractivity contribution in [2.75, 3.05) is 18.5 Å². The lowest BCUT2D eigenvalue weighted by Crippen LogP contribution is -2.22. The van der Waals surface area contributed by atoms with Gasteiger partial charge >= 0.3 is 5.97 Å². The SMILES string of the molecule is CCOC(=O)c1c(NC(=O)COc2ccccc2Cl)oc(C)c1C(C)=O. The molecule has 0 aliphatic heterocycles. The predicted molar refractivity (Wildman–Crippen MR) is 95.0 cm³/mol. The van der Waals surface area contributed by atoms with E-state index in [1.54, 1.807) is 31.2 Å². The summed E-state index contributed by atoms with van der Waals surface area (Å²) in [7, 11) is 0. The molecule has 0 unspecified atom stereocenters. The zero-order chi connectivity index (χ0) is 19.3. The van der Waals surface area contributed by atoms with E-state index in [9.17, 15) is 14.4 Å². The number of hydrogen-bond donors (Lipinski definition) is 1. The summed E-state index contributed by atoms with van der Waals surface area (Å²) in [5.41, 5.74) is -0.0336. The van der Waals surface area contributed by atoms with Gasteiger partial charge in [-0.15, -0.1) is 0 Å². The number of ether oxygens (including phenoxy) is 2. The summed E-state index contributed by atoms with van der Waals surface area (Å²) in [6, 6.07) is 6.69. The molecule has 26 heavy (non-hydrogen) atoms. The minimum atomic E-state index is -0.753. The van der Waals surface area contributed by atoms with Crippen LogP contribution in [0.1, 0.15) is 40.3 Å². The van der Waals surface area contributed by atoms with Gasteiger partial charge in [-0.25, -0.2) is 4.79 Å². The van der Waals surface area contributed by atoms with Crippen molar-refractivity contribution in [3.8, 4) is 5.75 Å². The molecule has 138 valence electrons. The lowest BCUT2D eigenvalue weighted by Gasteiger charge is -2.08. The van der Waals surface area contributed by atoms with Gasteiger partial charge in [-0.2, -0.15) is 0 Å². The second-order valence-electron chi connectivity index (χ2n) is 5.28. The highest BCUT2D eigenvalue weighted by Crippen LogP contribution is 2.29. The minimum Gasteiger partial charge on any atom is -0.482 e. The number of Topliss-reactive ketones (excluding diaryl/α,β-unsaturated/α-hetero) is 1. The number of aryl methyl sites for hydroxylation is 1. The van der Waals surface area contributed by atoms with Gasteiger partial charge in [0.15, 0.2) is 12.4 Å². The Labute approximate surface area is 155 Å². The highest BCUT2D eigenvalue weighted by atomic mass is 35.5. The second-order valence-corrected chi connectivity index (χ2v) is 5.69. The molecule has 1 heterocycles. The van der Waals surface area contributed by atoms with E-state index in [1.807, 2.05) is 0 Å². The topological polar surface area (TPSA) is 94.8 Å². The molecule has 0 saturated carbocycles. The van der Waals surface area contributed by atoms with Crippen LogP contribution in [0.15, 0.2) is 28.7 Å². The van der Waals surface area contributed by atoms with E-state index in [2.05, 4.69) is 5.32 Å². The minimum absolute atomic E-state index is 0.0748. The maximum absolute atomic E-state index is 12.2. The number of nitrogens with one attached hydrogen (secondary N) is 1. The summed E-state index contributed by atoms with van der Waals surface area (Å²) in [5, 5.41) is 2.79. The number of halogens is 1. The largest absolute Gasteiger partial charge is 0.482 e. The zero-order valence-corrected chi connectivity index (χ0v) is 15.3. The van der Waals surface area contributed by atoms with E-state index in [1.165, 1.54) is 13.8 Å². The summed E-state index contributed by atoms with van der Waals surface area (Å²) in [5.74, 6) is -1.31. The average Bonchev–Trinajstić information content (AvgIpc) is 2.90. The molecular weight excluding hydrogens is 362 g/mol. The molecular formula is C18H18ClNO6. The van der Waals surface area contributed by atoms with Gasteiger partial charge in [-0.3, -0.25) is 14.9 Å². The standard InChI is InChI=1S/C18H18ClNO6/c1-4-24-18(23)16-15(10(2)21)11(3)26-17(16)20-14(22)9-25-13-8-6-5-7-12(13)19/h5-8H,4,9H2,1-3H3,(H,20,22). The Kier molecular flexibility index (Phi) is 6.41. The Bertz CT molecular complexity index is 842. The molecule has 0 bridgehead atoms. The van der Waals surface area contributed by atoms with E-state index >= 15 is 0 Å². The molecule has 0 fully saturated rings. The first-order valence-corrected chi connectivity index (χ1v) is 8.21. The van der Waals surface area contributed by atoms with Crippen LogP contribution in [0.25, 0.3) is 0 Å². The third-order valence-electron chi connectivity index (χ3n) is 3.36. The number of benzene rings is 1. The van der Waals surface area contributed by atoms with Crippen molar-refractivity contribution in [2.24, 2.45) is 0 Å². The van der Waals surface area contributed by atoms with Gasteiger partial charge in [0, 0.05) is 0 Å². The third kappa shape index (κ3) is 4.43. The molecule has 1 aromatic heterocycles. The Morgan fingerprint density at radius 3 is 2.50 bits per heavy atom. The van der Waals surface area contributed by atoms with Gasteiger partial charge in [-0.1, -0.05) is 23.7 Å². The molecule has 0 aliphatic carbocycles. The fourth-order valence-corrected chi connectivity index (χ4v) is 2.51. The highest BCUT2D eigenvalue weighted by molar-refractivity contribution is 6.32. The van der Waals surface area contributed by atoms with Crippen molar-refractivity contribution >= 4 is 35.1 Å². The first-order valence-electron chi connectivity index (χ1n) is 7.83. The molecule has 2 rings (SSSR count). The number of anilines is 1. The van der Waals surface area contributed by atoms with Crippen LogP contribution in [0.2, 0.25) is 5.02 Å². The third-order valence-corrected chi connectivity index (χ3v) is 3.68. The number of carbonyl (C=O) groups is 3. The number of rotatable bonds is 7. The monoisotopic (exact) mass is 379 g/mol. The van der Waals surface area contributed by atoms with Crippen molar-refractivity contribution in [2.45, 2.75) is 20.8 Å². The van der Waals surface area contributed by atoms with Gasteiger partial charge < -0.3 is 13.9 Å². The van der Waals surface area contributed by atoms with Gasteiger partial charge in [-0.05, 0) is 32.9 Å². The van der Waals surface area contributed by atoms with Crippen LogP contribution in [-0.2, 0) is 9.53 Å². The first kappa shape index (κ1) is 19.5. The zero-order valence-electron chi connectivity index (χ0n) is 14.6. The number of para-hydroxylation sites is 1. The molecule has 0 aliphatic rings. The number of esters is 1. The quantitative estimate of drug-likeness (QED) is 0.583. The molecule has 8 heteroatoms. The Morgan fingerprint density at radius 1 is 1.19 bits per heavy atom. The van der Waals surface area contributed by atoms with Gasteiger partial charge in [0.1, 0.15) is 17.1 Å². The summed E-state index contributed by atoms with van der Waals surface area (Å²) in [6.07, 6.45) is 0. The summed E-state index contributed by atoms with van der Waals surface area (Å²) in [4.78, 5) is 36.1. The van der Waals surface area contributed by atoms with Gasteiger partial charge in [0.2, 0.25) is 5.88 Å². The van der Waals surface area contributed by atoms with Gasteiger partial charge in [0.25, 0.3) is 5.91 Å². The van der Waals surface area contributed by atoms with Crippen LogP contribution in [0.3, 0.4) is 0 Å². The lowest BCUT2D eigenvalue weighted by atomic mass is 10.1. The molecule has 1 aromatic carbocycles. The lowest BCUT2D eigenvalue weighted by molar-refractivity contribution is -0.118. The van der Waals surface area contributed by atoms with Crippen LogP contribution < -0.4 is 10.1 Å².